The summed E-state index contributed by atoms with van der Waals surface area (Å²) in [4.78, 5) is 11.0. The van der Waals surface area contributed by atoms with Crippen molar-refractivity contribution >= 4 is 12.1 Å². The second-order valence-corrected chi connectivity index (χ2v) is 3.35. The number of nitriles is 1. The van der Waals surface area contributed by atoms with Gasteiger partial charge in [0, 0.05) is 0 Å². The average Bonchev–Trinajstić information content (AvgIpc) is 2.31. The molecule has 0 aromatic heterocycles. The van der Waals surface area contributed by atoms with Gasteiger partial charge in [-0.1, -0.05) is 0 Å². The minimum Gasteiger partial charge on any atom is -0.497 e. The minimum absolute atomic E-state index is 0.196. The molecule has 1 N–H and O–H groups in total. The van der Waals surface area contributed by atoms with Gasteiger partial charge in [0.2, 0.25) is 0 Å². The molecule has 5 heteroatoms. The first-order valence-corrected chi connectivity index (χ1v) is 5.01. The van der Waals surface area contributed by atoms with Crippen LogP contribution in [0.5, 0.6) is 5.75 Å². The van der Waals surface area contributed by atoms with Gasteiger partial charge in [-0.3, -0.25) is 4.79 Å². The Morgan fingerprint density at radius 3 is 3.00 bits per heavy atom. The summed E-state index contributed by atoms with van der Waals surface area (Å²) in [7, 11) is 1.60. The van der Waals surface area contributed by atoms with Crippen LogP contribution in [0.2, 0.25) is 0 Å². The van der Waals surface area contributed by atoms with Crippen molar-refractivity contribution in [2.45, 2.75) is 13.3 Å². The molecule has 0 atom stereocenters. The lowest BCUT2D eigenvalue weighted by Gasteiger charge is -2.03. The van der Waals surface area contributed by atoms with E-state index in [1.165, 1.54) is 6.21 Å². The topological polar surface area (TPSA) is 74.5 Å². The number of hydrazone groups is 1. The van der Waals surface area contributed by atoms with Crippen molar-refractivity contribution in [3.63, 3.8) is 0 Å². The van der Waals surface area contributed by atoms with Crippen LogP contribution in [-0.2, 0) is 4.79 Å². The van der Waals surface area contributed by atoms with Crippen molar-refractivity contribution in [3.05, 3.63) is 29.3 Å². The Hall–Kier alpha value is -2.35. The molecule has 1 rings (SSSR count). The summed E-state index contributed by atoms with van der Waals surface area (Å²) in [5, 5.41) is 12.0. The first-order chi connectivity index (χ1) is 8.17. The number of rotatable bonds is 4. The maximum absolute atomic E-state index is 11.0. The van der Waals surface area contributed by atoms with Crippen molar-refractivity contribution < 1.29 is 9.53 Å². The van der Waals surface area contributed by atoms with Gasteiger partial charge in [0.1, 0.15) is 12.2 Å². The lowest BCUT2D eigenvalue weighted by molar-refractivity contribution is -0.120. The van der Waals surface area contributed by atoms with Crippen LogP contribution in [-0.4, -0.2) is 19.2 Å². The lowest BCUT2D eigenvalue weighted by Crippen LogP contribution is -2.16. The number of aryl methyl sites for hydroxylation is 1. The van der Waals surface area contributed by atoms with Crippen molar-refractivity contribution in [1.82, 2.24) is 5.43 Å². The third-order valence-electron chi connectivity index (χ3n) is 2.11. The van der Waals surface area contributed by atoms with E-state index in [0.29, 0.717) is 0 Å². The zero-order chi connectivity index (χ0) is 12.7. The van der Waals surface area contributed by atoms with Crippen LogP contribution >= 0.6 is 0 Å². The van der Waals surface area contributed by atoms with E-state index in [2.05, 4.69) is 10.5 Å². The zero-order valence-corrected chi connectivity index (χ0v) is 9.73. The molecular formula is C12H13N3O2. The Morgan fingerprint density at radius 1 is 1.65 bits per heavy atom. The standard InChI is InChI=1S/C12H13N3O2/c1-9-7-11(17-2)4-3-10(9)8-14-15-12(16)5-6-13/h3-4,7-8H,5H2,1-2H3,(H,15,16)/b14-8+. The van der Waals surface area contributed by atoms with E-state index in [-0.39, 0.29) is 6.42 Å². The van der Waals surface area contributed by atoms with Gasteiger partial charge in [-0.15, -0.1) is 0 Å². The Labute approximate surface area is 99.7 Å². The Balaban J connectivity index is 2.66. The molecule has 5 nitrogen and oxygen atoms in total. The fourth-order valence-corrected chi connectivity index (χ4v) is 1.21. The van der Waals surface area contributed by atoms with Gasteiger partial charge in [0.25, 0.3) is 5.91 Å². The molecule has 0 bridgehead atoms. The van der Waals surface area contributed by atoms with E-state index in [4.69, 9.17) is 10.00 Å². The summed E-state index contributed by atoms with van der Waals surface area (Å²) < 4.78 is 5.07. The number of ether oxygens (including phenoxy) is 1. The largest absolute Gasteiger partial charge is 0.497 e. The van der Waals surface area contributed by atoms with Gasteiger partial charge < -0.3 is 4.74 Å². The highest BCUT2D eigenvalue weighted by Crippen LogP contribution is 2.15. The van der Waals surface area contributed by atoms with E-state index in [0.717, 1.165) is 16.9 Å². The Morgan fingerprint density at radius 2 is 2.41 bits per heavy atom. The molecule has 0 unspecified atom stereocenters. The summed E-state index contributed by atoms with van der Waals surface area (Å²) in [6.45, 7) is 1.92. The number of hydrogen-bond donors (Lipinski definition) is 1. The van der Waals surface area contributed by atoms with Crippen molar-refractivity contribution in [3.8, 4) is 11.8 Å². The van der Waals surface area contributed by atoms with E-state index in [1.54, 1.807) is 13.2 Å². The number of hydrogen-bond acceptors (Lipinski definition) is 4. The molecule has 0 fully saturated rings. The van der Waals surface area contributed by atoms with E-state index < -0.39 is 5.91 Å². The van der Waals surface area contributed by atoms with Crippen LogP contribution in [0.1, 0.15) is 17.5 Å². The molecule has 0 radical (unpaired) electrons. The van der Waals surface area contributed by atoms with Crippen LogP contribution in [0.25, 0.3) is 0 Å². The molecule has 0 aliphatic heterocycles. The summed E-state index contributed by atoms with van der Waals surface area (Å²) in [5.41, 5.74) is 4.13. The second kappa shape index (κ2) is 6.28. The molecule has 1 aromatic carbocycles. The molecule has 1 amide bonds. The van der Waals surface area contributed by atoms with E-state index in [1.807, 2.05) is 25.1 Å². The summed E-state index contributed by atoms with van der Waals surface area (Å²) >= 11 is 0. The van der Waals surface area contributed by atoms with Gasteiger partial charge in [-0.25, -0.2) is 5.43 Å². The van der Waals surface area contributed by atoms with Gasteiger partial charge in [0.05, 0.1) is 19.4 Å². The van der Waals surface area contributed by atoms with Crippen LogP contribution < -0.4 is 10.2 Å². The first kappa shape index (κ1) is 12.7. The number of amides is 1. The molecular weight excluding hydrogens is 218 g/mol. The average molecular weight is 231 g/mol. The normalized spacial score (nSPS) is 9.94. The predicted molar refractivity (Wildman–Crippen MR) is 63.7 cm³/mol. The molecule has 0 aliphatic rings. The third-order valence-corrected chi connectivity index (χ3v) is 2.11. The molecule has 1 aromatic rings. The van der Waals surface area contributed by atoms with Crippen molar-refractivity contribution in [2.24, 2.45) is 5.10 Å². The predicted octanol–water partition coefficient (Wildman–Crippen LogP) is 1.37. The molecule has 0 saturated heterocycles. The highest BCUT2D eigenvalue weighted by molar-refractivity contribution is 5.84. The fraction of sp³-hybridized carbons (Fsp3) is 0.250. The Bertz CT molecular complexity index is 475. The maximum atomic E-state index is 11.0. The van der Waals surface area contributed by atoms with Crippen LogP contribution in [0, 0.1) is 18.3 Å². The van der Waals surface area contributed by atoms with Crippen molar-refractivity contribution in [2.75, 3.05) is 7.11 Å². The zero-order valence-electron chi connectivity index (χ0n) is 9.73. The Kier molecular flexibility index (Phi) is 4.70. The molecule has 0 spiro atoms. The number of carbonyl (C=O) groups is 1. The number of nitrogens with zero attached hydrogens (tertiary/aromatic N) is 2. The number of methoxy groups -OCH3 is 1. The quantitative estimate of drug-likeness (QED) is 0.628. The SMILES string of the molecule is COc1ccc(/C=N/NC(=O)CC#N)c(C)c1. The van der Waals surface area contributed by atoms with Gasteiger partial charge in [-0.05, 0) is 36.2 Å². The monoisotopic (exact) mass is 231 g/mol. The highest BCUT2D eigenvalue weighted by Gasteiger charge is 1.99. The first-order valence-electron chi connectivity index (χ1n) is 5.01. The lowest BCUT2D eigenvalue weighted by atomic mass is 10.1. The minimum atomic E-state index is -0.421. The summed E-state index contributed by atoms with van der Waals surface area (Å²) in [6.07, 6.45) is 1.34. The second-order valence-electron chi connectivity index (χ2n) is 3.35. The number of benzene rings is 1. The molecule has 0 aliphatic carbocycles. The van der Waals surface area contributed by atoms with Crippen LogP contribution in [0.4, 0.5) is 0 Å². The van der Waals surface area contributed by atoms with E-state index >= 15 is 0 Å². The van der Waals surface area contributed by atoms with Crippen LogP contribution in [0.15, 0.2) is 23.3 Å². The summed E-state index contributed by atoms with van der Waals surface area (Å²) in [6, 6.07) is 7.27. The number of nitrogens with one attached hydrogen (secondary N) is 1. The number of carbonyl (C=O) groups excluding carboxylic acids is 1. The molecule has 17 heavy (non-hydrogen) atoms. The summed E-state index contributed by atoms with van der Waals surface area (Å²) in [5.74, 6) is 0.350. The maximum Gasteiger partial charge on any atom is 0.254 e. The van der Waals surface area contributed by atoms with E-state index in [9.17, 15) is 4.79 Å². The third kappa shape index (κ3) is 3.95. The molecule has 0 heterocycles. The van der Waals surface area contributed by atoms with Gasteiger partial charge >= 0.3 is 0 Å². The smallest absolute Gasteiger partial charge is 0.254 e. The highest BCUT2D eigenvalue weighted by atomic mass is 16.5. The van der Waals surface area contributed by atoms with Crippen molar-refractivity contribution in [1.29, 1.82) is 5.26 Å². The fourth-order valence-electron chi connectivity index (χ4n) is 1.21. The molecule has 88 valence electrons. The van der Waals surface area contributed by atoms with Gasteiger partial charge in [0.15, 0.2) is 0 Å². The van der Waals surface area contributed by atoms with Gasteiger partial charge in [-0.2, -0.15) is 10.4 Å². The molecule has 0 saturated carbocycles. The van der Waals surface area contributed by atoms with Crippen LogP contribution in [0.3, 0.4) is 0 Å².